The van der Waals surface area contributed by atoms with E-state index in [9.17, 15) is 9.59 Å². The minimum absolute atomic E-state index is 0.0252. The van der Waals surface area contributed by atoms with Crippen molar-refractivity contribution in [3.63, 3.8) is 0 Å². The summed E-state index contributed by atoms with van der Waals surface area (Å²) in [5, 5.41) is 0.712. The molecule has 1 aliphatic rings. The van der Waals surface area contributed by atoms with Crippen LogP contribution < -0.4 is 10.5 Å². The Labute approximate surface area is 187 Å². The largest absolute Gasteiger partial charge is 0.368 e. The molecule has 0 atom stereocenters. The van der Waals surface area contributed by atoms with Crippen LogP contribution in [0.4, 0.5) is 5.69 Å². The van der Waals surface area contributed by atoms with Gasteiger partial charge in [0.05, 0.1) is 11.0 Å². The maximum atomic E-state index is 13.1. The second-order valence-electron chi connectivity index (χ2n) is 8.31. The first-order chi connectivity index (χ1) is 14.7. The first-order valence-electron chi connectivity index (χ1n) is 10.5. The summed E-state index contributed by atoms with van der Waals surface area (Å²) in [5.74, 6) is -0.0466. The Bertz CT molecular complexity index is 1230. The first kappa shape index (κ1) is 21.4. The van der Waals surface area contributed by atoms with E-state index in [1.54, 1.807) is 11.5 Å². The standard InChI is InChI=1S/C24H27ClN4O2/c1-15-5-6-19(25)13-21(15)27-7-9-28(10-8-27)23(30)14-29-22-12-17(3)16(2)11-20(22)26-18(4)24(29)31/h5-6,11-13H,7-10,14H2,1-4H3. The second kappa shape index (κ2) is 8.35. The van der Waals surface area contributed by atoms with Crippen molar-refractivity contribution in [2.75, 3.05) is 31.1 Å². The molecule has 1 amide bonds. The normalized spacial score (nSPS) is 14.4. The number of aromatic nitrogens is 2. The Morgan fingerprint density at radius 1 is 0.968 bits per heavy atom. The van der Waals surface area contributed by atoms with E-state index in [0.29, 0.717) is 29.3 Å². The zero-order valence-corrected chi connectivity index (χ0v) is 19.2. The molecule has 0 spiro atoms. The predicted molar refractivity (Wildman–Crippen MR) is 125 cm³/mol. The molecule has 0 radical (unpaired) electrons. The van der Waals surface area contributed by atoms with E-state index in [2.05, 4.69) is 16.8 Å². The Hall–Kier alpha value is -2.86. The number of fused-ring (bicyclic) bond motifs is 1. The van der Waals surface area contributed by atoms with Crippen molar-refractivity contribution in [1.29, 1.82) is 0 Å². The fourth-order valence-corrected chi connectivity index (χ4v) is 4.30. The number of nitrogens with zero attached hydrogens (tertiary/aromatic N) is 4. The first-order valence-corrected chi connectivity index (χ1v) is 10.9. The molecule has 0 N–H and O–H groups in total. The maximum absolute atomic E-state index is 13.1. The number of aryl methyl sites for hydroxylation is 4. The Kier molecular flexibility index (Phi) is 5.75. The molecule has 2 heterocycles. The molecule has 1 aliphatic heterocycles. The zero-order valence-electron chi connectivity index (χ0n) is 18.4. The number of halogens is 1. The minimum Gasteiger partial charge on any atom is -0.368 e. The number of piperazine rings is 1. The zero-order chi connectivity index (χ0) is 22.3. The van der Waals surface area contributed by atoms with Crippen LogP contribution in [0, 0.1) is 27.7 Å². The van der Waals surface area contributed by atoms with Gasteiger partial charge in [-0.1, -0.05) is 17.7 Å². The molecule has 7 heteroatoms. The van der Waals surface area contributed by atoms with Gasteiger partial charge in [0.2, 0.25) is 5.91 Å². The third-order valence-corrected chi connectivity index (χ3v) is 6.40. The van der Waals surface area contributed by atoms with Crippen LogP contribution in [-0.2, 0) is 11.3 Å². The maximum Gasteiger partial charge on any atom is 0.272 e. The highest BCUT2D eigenvalue weighted by Gasteiger charge is 2.23. The molecule has 0 saturated carbocycles. The van der Waals surface area contributed by atoms with Crippen LogP contribution in [-0.4, -0.2) is 46.5 Å². The molecule has 0 unspecified atom stereocenters. The van der Waals surface area contributed by atoms with Gasteiger partial charge in [0.25, 0.3) is 5.56 Å². The van der Waals surface area contributed by atoms with E-state index < -0.39 is 0 Å². The fourth-order valence-electron chi connectivity index (χ4n) is 4.14. The van der Waals surface area contributed by atoms with E-state index in [1.165, 1.54) is 5.56 Å². The SMILES string of the molecule is Cc1cc2nc(C)c(=O)n(CC(=O)N3CCN(c4cc(Cl)ccc4C)CC3)c2cc1C. The van der Waals surface area contributed by atoms with Gasteiger partial charge in [0.15, 0.2) is 0 Å². The molecule has 0 bridgehead atoms. The van der Waals surface area contributed by atoms with Gasteiger partial charge >= 0.3 is 0 Å². The molecule has 1 aromatic heterocycles. The summed E-state index contributed by atoms with van der Waals surface area (Å²) in [5.41, 5.74) is 6.11. The van der Waals surface area contributed by atoms with Crippen molar-refractivity contribution in [1.82, 2.24) is 14.5 Å². The van der Waals surface area contributed by atoms with Crippen LogP contribution >= 0.6 is 11.6 Å². The van der Waals surface area contributed by atoms with Crippen molar-refractivity contribution in [2.45, 2.75) is 34.2 Å². The summed E-state index contributed by atoms with van der Waals surface area (Å²) >= 11 is 6.17. The van der Waals surface area contributed by atoms with Gasteiger partial charge in [-0.25, -0.2) is 4.98 Å². The fraction of sp³-hybridized carbons (Fsp3) is 0.375. The number of hydrogen-bond donors (Lipinski definition) is 0. The molecular weight excluding hydrogens is 412 g/mol. The average molecular weight is 439 g/mol. The van der Waals surface area contributed by atoms with Crippen LogP contribution in [0.3, 0.4) is 0 Å². The van der Waals surface area contributed by atoms with Crippen molar-refractivity contribution in [3.05, 3.63) is 68.1 Å². The highest BCUT2D eigenvalue weighted by Crippen LogP contribution is 2.25. The van der Waals surface area contributed by atoms with Crippen LogP contribution in [0.2, 0.25) is 5.02 Å². The Morgan fingerprint density at radius 2 is 1.65 bits per heavy atom. The van der Waals surface area contributed by atoms with Crippen LogP contribution in [0.1, 0.15) is 22.4 Å². The molecule has 31 heavy (non-hydrogen) atoms. The average Bonchev–Trinajstić information content (AvgIpc) is 2.75. The molecule has 1 saturated heterocycles. The van der Waals surface area contributed by atoms with Gasteiger partial charge in [-0.15, -0.1) is 0 Å². The number of rotatable bonds is 3. The summed E-state index contributed by atoms with van der Waals surface area (Å²) in [4.78, 5) is 34.4. The third-order valence-electron chi connectivity index (χ3n) is 6.16. The quantitative estimate of drug-likeness (QED) is 0.626. The summed E-state index contributed by atoms with van der Waals surface area (Å²) in [7, 11) is 0. The topological polar surface area (TPSA) is 58.4 Å². The molecule has 0 aliphatic carbocycles. The van der Waals surface area contributed by atoms with E-state index in [4.69, 9.17) is 11.6 Å². The Morgan fingerprint density at radius 3 is 2.35 bits per heavy atom. The van der Waals surface area contributed by atoms with Gasteiger partial charge in [-0.3, -0.25) is 14.2 Å². The monoisotopic (exact) mass is 438 g/mol. The number of hydrogen-bond acceptors (Lipinski definition) is 4. The number of benzene rings is 2. The second-order valence-corrected chi connectivity index (χ2v) is 8.75. The lowest BCUT2D eigenvalue weighted by atomic mass is 10.1. The van der Waals surface area contributed by atoms with Gasteiger partial charge < -0.3 is 9.80 Å². The predicted octanol–water partition coefficient (Wildman–Crippen LogP) is 3.63. The third kappa shape index (κ3) is 4.17. The van der Waals surface area contributed by atoms with E-state index in [1.807, 2.05) is 49.1 Å². The van der Waals surface area contributed by atoms with Crippen molar-refractivity contribution >= 4 is 34.2 Å². The molecule has 3 aromatic rings. The van der Waals surface area contributed by atoms with Gasteiger partial charge in [-0.2, -0.15) is 0 Å². The van der Waals surface area contributed by atoms with Gasteiger partial charge in [0, 0.05) is 36.9 Å². The van der Waals surface area contributed by atoms with E-state index in [-0.39, 0.29) is 18.0 Å². The summed E-state index contributed by atoms with van der Waals surface area (Å²) in [6.07, 6.45) is 0. The molecule has 2 aromatic carbocycles. The Balaban J connectivity index is 1.54. The highest BCUT2D eigenvalue weighted by atomic mass is 35.5. The van der Waals surface area contributed by atoms with Crippen LogP contribution in [0.15, 0.2) is 35.1 Å². The minimum atomic E-state index is -0.211. The van der Waals surface area contributed by atoms with Crippen molar-refractivity contribution < 1.29 is 4.79 Å². The highest BCUT2D eigenvalue weighted by molar-refractivity contribution is 6.30. The number of amides is 1. The molecule has 6 nitrogen and oxygen atoms in total. The number of carbonyl (C=O) groups is 1. The molecule has 4 rings (SSSR count). The van der Waals surface area contributed by atoms with E-state index in [0.717, 1.165) is 35.4 Å². The summed E-state index contributed by atoms with van der Waals surface area (Å²) < 4.78 is 1.57. The van der Waals surface area contributed by atoms with Crippen LogP contribution in [0.25, 0.3) is 11.0 Å². The number of anilines is 1. The van der Waals surface area contributed by atoms with Crippen molar-refractivity contribution in [3.8, 4) is 0 Å². The van der Waals surface area contributed by atoms with E-state index >= 15 is 0 Å². The smallest absolute Gasteiger partial charge is 0.272 e. The van der Waals surface area contributed by atoms with Crippen molar-refractivity contribution in [2.24, 2.45) is 0 Å². The lowest BCUT2D eigenvalue weighted by Gasteiger charge is -2.37. The van der Waals surface area contributed by atoms with Gasteiger partial charge in [0.1, 0.15) is 12.2 Å². The molecular formula is C24H27ClN4O2. The van der Waals surface area contributed by atoms with Gasteiger partial charge in [-0.05, 0) is 68.7 Å². The molecule has 162 valence electrons. The number of carbonyl (C=O) groups excluding carboxylic acids is 1. The lowest BCUT2D eigenvalue weighted by molar-refractivity contribution is -0.132. The lowest BCUT2D eigenvalue weighted by Crippen LogP contribution is -2.50. The summed E-state index contributed by atoms with van der Waals surface area (Å²) in [6, 6.07) is 9.81. The summed E-state index contributed by atoms with van der Waals surface area (Å²) in [6.45, 7) is 10.5. The molecule has 1 fully saturated rings. The van der Waals surface area contributed by atoms with Crippen LogP contribution in [0.5, 0.6) is 0 Å².